The van der Waals surface area contributed by atoms with Crippen LogP contribution in [-0.4, -0.2) is 18.5 Å². The molecule has 0 saturated heterocycles. The Morgan fingerprint density at radius 2 is 2.14 bits per heavy atom. The highest BCUT2D eigenvalue weighted by atomic mass is 32.1. The first-order valence-corrected chi connectivity index (χ1v) is 7.44. The van der Waals surface area contributed by atoms with Crippen LogP contribution in [0.5, 0.6) is 5.75 Å². The van der Waals surface area contributed by atoms with E-state index in [4.69, 9.17) is 9.47 Å². The summed E-state index contributed by atoms with van der Waals surface area (Å²) in [5, 5.41) is 1.91. The molecule has 2 aromatic rings. The molecule has 1 aliphatic heterocycles. The van der Waals surface area contributed by atoms with Crippen molar-refractivity contribution in [2.75, 3.05) is 6.61 Å². The molecule has 0 unspecified atom stereocenters. The number of hydrogen-bond donors (Lipinski definition) is 0. The van der Waals surface area contributed by atoms with Crippen LogP contribution in [0.3, 0.4) is 0 Å². The van der Waals surface area contributed by atoms with E-state index in [1.165, 1.54) is 11.3 Å². The van der Waals surface area contributed by atoms with Gasteiger partial charge in [-0.2, -0.15) is 0 Å². The van der Waals surface area contributed by atoms with E-state index < -0.39 is 5.97 Å². The van der Waals surface area contributed by atoms with E-state index >= 15 is 0 Å². The Kier molecular flexibility index (Phi) is 3.83. The van der Waals surface area contributed by atoms with Crippen molar-refractivity contribution in [3.63, 3.8) is 0 Å². The number of cyclic esters (lactones) is 1. The van der Waals surface area contributed by atoms with Gasteiger partial charge in [-0.3, -0.25) is 0 Å². The molecule has 1 aromatic heterocycles. The first kappa shape index (κ1) is 13.6. The second-order valence-corrected chi connectivity index (χ2v) is 5.23. The average molecular weight is 299 g/mol. The van der Waals surface area contributed by atoms with Crippen LogP contribution in [0.2, 0.25) is 0 Å². The Morgan fingerprint density at radius 1 is 1.29 bits per heavy atom. The Bertz CT molecular complexity index is 717. The first-order valence-electron chi connectivity index (χ1n) is 6.56. The number of esters is 1. The number of rotatable bonds is 4. The van der Waals surface area contributed by atoms with Crippen LogP contribution in [0.15, 0.2) is 52.5 Å². The third kappa shape index (κ3) is 2.87. The minimum absolute atomic E-state index is 0.283. The van der Waals surface area contributed by atoms with Crippen molar-refractivity contribution < 1.29 is 14.3 Å². The maximum atomic E-state index is 11.9. The van der Waals surface area contributed by atoms with Crippen molar-refractivity contribution in [1.29, 1.82) is 0 Å². The lowest BCUT2D eigenvalue weighted by Gasteiger charge is -2.06. The highest BCUT2D eigenvalue weighted by molar-refractivity contribution is 7.12. The van der Waals surface area contributed by atoms with Gasteiger partial charge in [0.15, 0.2) is 5.70 Å². The summed E-state index contributed by atoms with van der Waals surface area (Å²) in [5.74, 6) is 0.639. The lowest BCUT2D eigenvalue weighted by Crippen LogP contribution is -2.03. The van der Waals surface area contributed by atoms with Crippen LogP contribution in [0, 0.1) is 0 Å². The molecule has 21 heavy (non-hydrogen) atoms. The lowest BCUT2D eigenvalue weighted by molar-refractivity contribution is -0.129. The maximum absolute atomic E-state index is 11.9. The predicted molar refractivity (Wildman–Crippen MR) is 82.5 cm³/mol. The molecule has 5 heteroatoms. The molecule has 0 fully saturated rings. The Morgan fingerprint density at radius 3 is 2.90 bits per heavy atom. The largest absolute Gasteiger partial charge is 0.493 e. The Balaban J connectivity index is 1.95. The van der Waals surface area contributed by atoms with Crippen LogP contribution in [0.25, 0.3) is 6.08 Å². The van der Waals surface area contributed by atoms with Crippen LogP contribution < -0.4 is 4.74 Å². The monoisotopic (exact) mass is 299 g/mol. The van der Waals surface area contributed by atoms with Gasteiger partial charge in [-0.1, -0.05) is 24.3 Å². The SMILES string of the molecule is CCOc1ccccc1C=C1N=C(c2cccs2)OC1=O. The molecule has 0 N–H and O–H groups in total. The molecule has 0 saturated carbocycles. The smallest absolute Gasteiger partial charge is 0.363 e. The molecule has 2 heterocycles. The van der Waals surface area contributed by atoms with Crippen molar-refractivity contribution in [2.45, 2.75) is 6.92 Å². The van der Waals surface area contributed by atoms with Crippen molar-refractivity contribution >= 4 is 29.3 Å². The zero-order valence-electron chi connectivity index (χ0n) is 11.4. The molecule has 0 aliphatic carbocycles. The van der Waals surface area contributed by atoms with Gasteiger partial charge in [0.1, 0.15) is 5.75 Å². The lowest BCUT2D eigenvalue weighted by atomic mass is 10.1. The molecule has 1 aliphatic rings. The van der Waals surface area contributed by atoms with Gasteiger partial charge in [-0.05, 0) is 30.5 Å². The van der Waals surface area contributed by atoms with E-state index in [-0.39, 0.29) is 5.70 Å². The summed E-state index contributed by atoms with van der Waals surface area (Å²) in [6.45, 7) is 2.48. The minimum atomic E-state index is -0.440. The molecule has 0 atom stereocenters. The number of carbonyl (C=O) groups excluding carboxylic acids is 1. The Labute approximate surface area is 126 Å². The van der Waals surface area contributed by atoms with Gasteiger partial charge in [0, 0.05) is 5.56 Å². The third-order valence-electron chi connectivity index (χ3n) is 2.86. The van der Waals surface area contributed by atoms with E-state index in [1.54, 1.807) is 6.08 Å². The fourth-order valence-corrected chi connectivity index (χ4v) is 2.60. The molecule has 3 rings (SSSR count). The summed E-state index contributed by atoms with van der Waals surface area (Å²) in [7, 11) is 0. The fourth-order valence-electron chi connectivity index (χ4n) is 1.95. The van der Waals surface area contributed by atoms with Gasteiger partial charge in [0.05, 0.1) is 11.5 Å². The van der Waals surface area contributed by atoms with Gasteiger partial charge in [0.25, 0.3) is 0 Å². The number of benzene rings is 1. The standard InChI is InChI=1S/C16H13NO3S/c1-2-19-13-7-4-3-6-11(13)10-12-16(18)20-15(17-12)14-8-5-9-21-14/h3-10H,2H2,1H3. The summed E-state index contributed by atoms with van der Waals surface area (Å²) >= 11 is 1.48. The highest BCUT2D eigenvalue weighted by Crippen LogP contribution is 2.25. The number of thiophene rings is 1. The number of nitrogens with zero attached hydrogens (tertiary/aromatic N) is 1. The number of aliphatic imine (C=N–C) groups is 1. The molecule has 0 spiro atoms. The minimum Gasteiger partial charge on any atom is -0.493 e. The van der Waals surface area contributed by atoms with Crippen LogP contribution in [0.4, 0.5) is 0 Å². The average Bonchev–Trinajstić information content (AvgIpc) is 3.12. The zero-order valence-corrected chi connectivity index (χ0v) is 12.2. The molecule has 0 radical (unpaired) electrons. The van der Waals surface area contributed by atoms with Gasteiger partial charge in [0.2, 0.25) is 5.90 Å². The van der Waals surface area contributed by atoms with Crippen molar-refractivity contribution in [1.82, 2.24) is 0 Å². The normalized spacial score (nSPS) is 16.0. The second kappa shape index (κ2) is 5.93. The van der Waals surface area contributed by atoms with Gasteiger partial charge in [-0.25, -0.2) is 9.79 Å². The maximum Gasteiger partial charge on any atom is 0.363 e. The summed E-state index contributed by atoms with van der Waals surface area (Å²) in [4.78, 5) is 17.0. The number of ether oxygens (including phenoxy) is 2. The van der Waals surface area contributed by atoms with Crippen molar-refractivity contribution in [3.8, 4) is 5.75 Å². The first-order chi connectivity index (χ1) is 10.3. The van der Waals surface area contributed by atoms with E-state index in [9.17, 15) is 4.79 Å². The van der Waals surface area contributed by atoms with E-state index in [2.05, 4.69) is 4.99 Å². The highest BCUT2D eigenvalue weighted by Gasteiger charge is 2.24. The number of carbonyl (C=O) groups is 1. The quantitative estimate of drug-likeness (QED) is 0.641. The molecule has 1 aromatic carbocycles. The van der Waals surface area contributed by atoms with E-state index in [0.29, 0.717) is 12.5 Å². The molecule has 4 nitrogen and oxygen atoms in total. The summed E-state index contributed by atoms with van der Waals surface area (Å²) in [6.07, 6.45) is 1.69. The second-order valence-electron chi connectivity index (χ2n) is 4.28. The molecule has 0 amide bonds. The Hall–Kier alpha value is -2.40. The molecule has 106 valence electrons. The summed E-state index contributed by atoms with van der Waals surface area (Å²) in [5.41, 5.74) is 1.09. The van der Waals surface area contributed by atoms with Crippen LogP contribution in [0.1, 0.15) is 17.4 Å². The topological polar surface area (TPSA) is 47.9 Å². The van der Waals surface area contributed by atoms with Crippen LogP contribution >= 0.6 is 11.3 Å². The van der Waals surface area contributed by atoms with Crippen molar-refractivity contribution in [3.05, 3.63) is 57.9 Å². The van der Waals surface area contributed by atoms with E-state index in [1.807, 2.05) is 48.7 Å². The van der Waals surface area contributed by atoms with Crippen LogP contribution in [-0.2, 0) is 9.53 Å². The number of hydrogen-bond acceptors (Lipinski definition) is 5. The van der Waals surface area contributed by atoms with E-state index in [0.717, 1.165) is 16.2 Å². The van der Waals surface area contributed by atoms with Gasteiger partial charge in [-0.15, -0.1) is 11.3 Å². The zero-order chi connectivity index (χ0) is 14.7. The predicted octanol–water partition coefficient (Wildman–Crippen LogP) is 3.49. The van der Waals surface area contributed by atoms with Gasteiger partial charge >= 0.3 is 5.97 Å². The fraction of sp³-hybridized carbons (Fsp3) is 0.125. The number of para-hydroxylation sites is 1. The molecule has 0 bridgehead atoms. The summed E-state index contributed by atoms with van der Waals surface area (Å²) in [6, 6.07) is 11.3. The van der Waals surface area contributed by atoms with Gasteiger partial charge < -0.3 is 9.47 Å². The molecular formula is C16H13NO3S. The summed E-state index contributed by atoms with van der Waals surface area (Å²) < 4.78 is 10.7. The third-order valence-corrected chi connectivity index (χ3v) is 3.72. The van der Waals surface area contributed by atoms with Crippen molar-refractivity contribution in [2.24, 2.45) is 4.99 Å². The molecular weight excluding hydrogens is 286 g/mol.